The van der Waals surface area contributed by atoms with E-state index in [1.54, 1.807) is 24.6 Å². The molecule has 2 N–H and O–H groups in total. The van der Waals surface area contributed by atoms with Crippen molar-refractivity contribution in [1.82, 2.24) is 4.98 Å². The first-order valence-corrected chi connectivity index (χ1v) is 10.6. The molecule has 4 rings (SSSR count). The van der Waals surface area contributed by atoms with Crippen molar-refractivity contribution in [3.05, 3.63) is 63.0 Å². The number of anilines is 1. The number of hydrogen-bond acceptors (Lipinski definition) is 7. The topological polar surface area (TPSA) is 87.6 Å². The van der Waals surface area contributed by atoms with E-state index in [0.29, 0.717) is 22.1 Å². The highest BCUT2D eigenvalue weighted by Gasteiger charge is 2.23. The van der Waals surface area contributed by atoms with Gasteiger partial charge in [0.1, 0.15) is 18.2 Å². The van der Waals surface area contributed by atoms with Crippen molar-refractivity contribution in [2.75, 3.05) is 12.8 Å². The number of benzene rings is 1. The number of nitrogen functional groups attached to an aromatic ring is 1. The Bertz CT molecular complexity index is 1300. The Morgan fingerprint density at radius 2 is 2.13 bits per heavy atom. The lowest BCUT2D eigenvalue weighted by Gasteiger charge is -2.18. The number of methoxy groups -OCH3 is 1. The van der Waals surface area contributed by atoms with Crippen LogP contribution in [0.25, 0.3) is 21.4 Å². The van der Waals surface area contributed by atoms with Crippen molar-refractivity contribution < 1.29 is 23.1 Å². The minimum absolute atomic E-state index is 0.0883. The number of esters is 1. The molecule has 3 aromatic heterocycles. The molecule has 0 aliphatic carbocycles. The third-order valence-electron chi connectivity index (χ3n) is 4.67. The molecule has 31 heavy (non-hydrogen) atoms. The Morgan fingerprint density at radius 3 is 2.87 bits per heavy atom. The van der Waals surface area contributed by atoms with Crippen LogP contribution in [0.1, 0.15) is 28.9 Å². The zero-order valence-corrected chi connectivity index (χ0v) is 18.6. The smallest absolute Gasteiger partial charge is 0.338 e. The van der Waals surface area contributed by atoms with Gasteiger partial charge in [0.15, 0.2) is 11.4 Å². The van der Waals surface area contributed by atoms with Crippen LogP contribution in [0.4, 0.5) is 10.2 Å². The third kappa shape index (κ3) is 3.82. The van der Waals surface area contributed by atoms with Gasteiger partial charge in [0.2, 0.25) is 5.75 Å². The maximum Gasteiger partial charge on any atom is 0.338 e. The number of aromatic nitrogens is 1. The summed E-state index contributed by atoms with van der Waals surface area (Å²) in [6.07, 6.45) is 2.34. The van der Waals surface area contributed by atoms with Crippen molar-refractivity contribution in [3.63, 3.8) is 0 Å². The molecule has 3 heterocycles. The van der Waals surface area contributed by atoms with Gasteiger partial charge >= 0.3 is 5.97 Å². The van der Waals surface area contributed by atoms with Crippen LogP contribution in [0, 0.1) is 5.82 Å². The molecule has 0 aliphatic heterocycles. The van der Waals surface area contributed by atoms with Gasteiger partial charge in [0.05, 0.1) is 23.1 Å². The summed E-state index contributed by atoms with van der Waals surface area (Å²) < 4.78 is 30.4. The zero-order valence-electron chi connectivity index (χ0n) is 16.2. The summed E-state index contributed by atoms with van der Waals surface area (Å²) in [6.45, 7) is 1.66. The van der Waals surface area contributed by atoms with Gasteiger partial charge in [-0.3, -0.25) is 0 Å². The summed E-state index contributed by atoms with van der Waals surface area (Å²) in [5, 5.41) is 2.45. The first-order valence-electron chi connectivity index (χ1n) is 8.94. The van der Waals surface area contributed by atoms with Crippen molar-refractivity contribution >= 4 is 57.3 Å². The lowest BCUT2D eigenvalue weighted by molar-refractivity contribution is 0.0601. The van der Waals surface area contributed by atoms with Crippen molar-refractivity contribution in [2.45, 2.75) is 13.0 Å². The number of hydrogen-bond donors (Lipinski definition) is 1. The lowest BCUT2D eigenvalue weighted by Crippen LogP contribution is -2.08. The third-order valence-corrected chi connectivity index (χ3v) is 6.34. The molecule has 10 heteroatoms. The molecule has 0 bridgehead atoms. The van der Waals surface area contributed by atoms with Gasteiger partial charge in [-0.1, -0.05) is 23.2 Å². The maximum absolute atomic E-state index is 13.9. The van der Waals surface area contributed by atoms with Crippen LogP contribution in [0.5, 0.6) is 5.75 Å². The number of nitrogens with zero attached hydrogens (tertiary/aromatic N) is 1. The Kier molecular flexibility index (Phi) is 5.79. The number of pyridine rings is 1. The van der Waals surface area contributed by atoms with Crippen molar-refractivity contribution in [2.24, 2.45) is 0 Å². The minimum atomic E-state index is -0.744. The number of fused-ring (bicyclic) bond motifs is 1. The normalized spacial score (nSPS) is 12.2. The molecular formula is C21H15Cl2FN2O4S. The second kappa shape index (κ2) is 8.37. The number of rotatable bonds is 5. The largest absolute Gasteiger partial charge is 0.478 e. The highest BCUT2D eigenvalue weighted by Crippen LogP contribution is 2.42. The van der Waals surface area contributed by atoms with E-state index in [-0.39, 0.29) is 27.2 Å². The summed E-state index contributed by atoms with van der Waals surface area (Å²) in [5.41, 5.74) is 7.81. The van der Waals surface area contributed by atoms with Crippen LogP contribution in [0.15, 0.2) is 40.5 Å². The number of carbonyl (C=O) groups is 1. The summed E-state index contributed by atoms with van der Waals surface area (Å²) in [4.78, 5) is 16.7. The molecule has 6 nitrogen and oxygen atoms in total. The molecule has 1 atom stereocenters. The molecule has 1 aromatic carbocycles. The van der Waals surface area contributed by atoms with E-state index in [1.807, 2.05) is 0 Å². The molecule has 0 radical (unpaired) electrons. The van der Waals surface area contributed by atoms with Gasteiger partial charge in [0, 0.05) is 32.6 Å². The molecular weight excluding hydrogens is 466 g/mol. The SMILES string of the molecule is COC(=O)c1csc(-c2coc3c(OC(C)c4c(Cl)ccc(F)c4Cl)c(N)ncc23)c1. The van der Waals surface area contributed by atoms with E-state index >= 15 is 0 Å². The maximum atomic E-state index is 13.9. The van der Waals surface area contributed by atoms with E-state index in [2.05, 4.69) is 4.98 Å². The molecule has 1 unspecified atom stereocenters. The number of carbonyl (C=O) groups excluding carboxylic acids is 1. The number of nitrogens with two attached hydrogens (primary N) is 1. The second-order valence-corrected chi connectivity index (χ2v) is 8.27. The standard InChI is InChI=1S/C21H15Cl2FN2O4S/c1-9(16-13(22)3-4-14(24)17(16)23)30-19-18-11(6-26-20(19)25)12(7-29-18)15-5-10(8-31-15)21(27)28-2/h3-9H,1-2H3,(H2,25,26). The minimum Gasteiger partial charge on any atom is -0.478 e. The fourth-order valence-electron chi connectivity index (χ4n) is 3.14. The van der Waals surface area contributed by atoms with E-state index in [9.17, 15) is 9.18 Å². The monoisotopic (exact) mass is 480 g/mol. The van der Waals surface area contributed by atoms with Crippen LogP contribution in [-0.4, -0.2) is 18.1 Å². The first-order chi connectivity index (χ1) is 14.8. The summed E-state index contributed by atoms with van der Waals surface area (Å²) >= 11 is 13.7. The Labute approximate surface area is 190 Å². The molecule has 0 saturated carbocycles. The molecule has 4 aromatic rings. The fourth-order valence-corrected chi connectivity index (χ4v) is 4.71. The van der Waals surface area contributed by atoms with Gasteiger partial charge in [0.25, 0.3) is 0 Å². The number of furan rings is 1. The molecule has 0 aliphatic rings. The van der Waals surface area contributed by atoms with Gasteiger partial charge < -0.3 is 19.6 Å². The average molecular weight is 481 g/mol. The number of thiophene rings is 1. The molecule has 0 spiro atoms. The number of ether oxygens (including phenoxy) is 2. The molecule has 160 valence electrons. The van der Waals surface area contributed by atoms with Gasteiger partial charge in [-0.25, -0.2) is 14.2 Å². The number of halogens is 3. The highest BCUT2D eigenvalue weighted by molar-refractivity contribution is 7.14. The van der Waals surface area contributed by atoms with E-state index in [1.165, 1.54) is 36.8 Å². The molecule has 0 amide bonds. The first kappa shape index (κ1) is 21.4. The second-order valence-electron chi connectivity index (χ2n) is 6.57. The predicted molar refractivity (Wildman–Crippen MR) is 119 cm³/mol. The summed E-state index contributed by atoms with van der Waals surface area (Å²) in [7, 11) is 1.32. The zero-order chi connectivity index (χ0) is 22.3. The van der Waals surface area contributed by atoms with Crippen LogP contribution in [0.2, 0.25) is 10.0 Å². The molecule has 0 fully saturated rings. The van der Waals surface area contributed by atoms with Crippen LogP contribution < -0.4 is 10.5 Å². The van der Waals surface area contributed by atoms with Crippen LogP contribution in [0.3, 0.4) is 0 Å². The Balaban J connectivity index is 1.75. The quantitative estimate of drug-likeness (QED) is 0.258. The van der Waals surface area contributed by atoms with E-state index in [0.717, 1.165) is 4.88 Å². The van der Waals surface area contributed by atoms with Gasteiger partial charge in [-0.2, -0.15) is 0 Å². The van der Waals surface area contributed by atoms with Gasteiger partial charge in [-0.15, -0.1) is 11.3 Å². The average Bonchev–Trinajstić information content (AvgIpc) is 3.39. The lowest BCUT2D eigenvalue weighted by atomic mass is 10.1. The van der Waals surface area contributed by atoms with Crippen molar-refractivity contribution in [3.8, 4) is 16.2 Å². The van der Waals surface area contributed by atoms with Crippen LogP contribution >= 0.6 is 34.5 Å². The summed E-state index contributed by atoms with van der Waals surface area (Å²) in [5.74, 6) is -0.776. The molecule has 0 saturated heterocycles. The predicted octanol–water partition coefficient (Wildman–Crippen LogP) is 6.51. The van der Waals surface area contributed by atoms with E-state index < -0.39 is 17.9 Å². The van der Waals surface area contributed by atoms with Crippen LogP contribution in [-0.2, 0) is 4.74 Å². The van der Waals surface area contributed by atoms with E-state index in [4.69, 9.17) is 42.8 Å². The van der Waals surface area contributed by atoms with Gasteiger partial charge in [-0.05, 0) is 25.1 Å². The summed E-state index contributed by atoms with van der Waals surface area (Å²) in [6, 6.07) is 4.29. The highest BCUT2D eigenvalue weighted by atomic mass is 35.5. The Morgan fingerprint density at radius 1 is 1.35 bits per heavy atom. The van der Waals surface area contributed by atoms with Crippen molar-refractivity contribution in [1.29, 1.82) is 0 Å². The fraction of sp³-hybridized carbons (Fsp3) is 0.143. The Hall–Kier alpha value is -2.81.